The molecule has 5 amide bonds. The van der Waals surface area contributed by atoms with Crippen molar-refractivity contribution >= 4 is 41.5 Å². The van der Waals surface area contributed by atoms with Gasteiger partial charge in [0.15, 0.2) is 0 Å². The van der Waals surface area contributed by atoms with Crippen molar-refractivity contribution in [3.8, 4) is 0 Å². The van der Waals surface area contributed by atoms with Gasteiger partial charge in [0.1, 0.15) is 30.2 Å². The Morgan fingerprint density at radius 3 is 1.69 bits per heavy atom. The second-order valence-electron chi connectivity index (χ2n) is 14.7. The Bertz CT molecular complexity index is 1340. The van der Waals surface area contributed by atoms with Crippen molar-refractivity contribution in [3.63, 3.8) is 0 Å². The maximum absolute atomic E-state index is 13.9. The van der Waals surface area contributed by atoms with E-state index in [1.54, 1.807) is 6.92 Å². The average Bonchev–Trinajstić information content (AvgIpc) is 3.56. The summed E-state index contributed by atoms with van der Waals surface area (Å²) in [5.41, 5.74) is 6.45. The van der Waals surface area contributed by atoms with Crippen molar-refractivity contribution in [2.24, 2.45) is 29.4 Å². The lowest BCUT2D eigenvalue weighted by molar-refractivity contribution is -0.143. The molecule has 0 radical (unpaired) electrons. The van der Waals surface area contributed by atoms with Gasteiger partial charge in [-0.1, -0.05) is 61.8 Å². The van der Waals surface area contributed by atoms with E-state index >= 15 is 0 Å². The number of hydrogen-bond acceptors (Lipinski definition) is 9. The first-order valence-corrected chi connectivity index (χ1v) is 17.9. The molecule has 1 heterocycles. The number of carboxylic acid groups (broad SMARTS) is 2. The molecule has 1 rings (SSSR count). The fourth-order valence-corrected chi connectivity index (χ4v) is 5.41. The summed E-state index contributed by atoms with van der Waals surface area (Å²) in [5.74, 6) is -6.47. The van der Waals surface area contributed by atoms with E-state index in [4.69, 9.17) is 5.73 Å². The number of rotatable bonds is 24. The van der Waals surface area contributed by atoms with Crippen LogP contribution in [-0.2, 0) is 40.0 Å². The molecule has 0 aliphatic heterocycles. The molecule has 0 fully saturated rings. The lowest BCUT2D eigenvalue weighted by Gasteiger charge is -2.30. The number of nitrogens with two attached hydrogens (primary N) is 1. The van der Waals surface area contributed by atoms with Crippen LogP contribution in [0.25, 0.3) is 0 Å². The number of aromatic amines is 1. The first-order valence-electron chi connectivity index (χ1n) is 17.9. The van der Waals surface area contributed by atoms with Crippen LogP contribution in [0.4, 0.5) is 0 Å². The molecule has 294 valence electrons. The minimum Gasteiger partial charge on any atom is -0.481 e. The number of hydrogen-bond donors (Lipinski definition) is 9. The maximum Gasteiger partial charge on any atom is 0.326 e. The standard InChI is InChI=1S/C35H60N8O9/c1-9-21(8)29(34(50)41-25(13-19(4)5)32(48)42-27(35(51)52)14-20(6)7)43-33(49)26(15-22-16-37-17-38-22)40-31(47)24(10-11-28(44)45)39-30(46)23(36)12-18(2)3/h16-21,23-27,29H,9-15,36H2,1-8H3,(H,37,38)(H,39,46)(H,40,47)(H,41,50)(H,42,48)(H,43,49)(H,44,45)(H,51,52)/t21-,23-,24-,25-,26-,27-,29-/m0/s1. The first kappa shape index (κ1) is 45.5. The normalized spacial score (nSPS) is 15.5. The third-order valence-corrected chi connectivity index (χ3v) is 8.41. The van der Waals surface area contributed by atoms with E-state index in [-0.39, 0.29) is 43.4 Å². The van der Waals surface area contributed by atoms with Gasteiger partial charge in [-0.15, -0.1) is 0 Å². The van der Waals surface area contributed by atoms with Gasteiger partial charge in [0.25, 0.3) is 0 Å². The number of amides is 5. The van der Waals surface area contributed by atoms with E-state index in [0.717, 1.165) is 0 Å². The zero-order valence-electron chi connectivity index (χ0n) is 31.7. The molecule has 0 bridgehead atoms. The van der Waals surface area contributed by atoms with Gasteiger partial charge in [-0.25, -0.2) is 9.78 Å². The Labute approximate surface area is 305 Å². The molecule has 0 unspecified atom stereocenters. The van der Waals surface area contributed by atoms with Crippen molar-refractivity contribution in [1.29, 1.82) is 0 Å². The van der Waals surface area contributed by atoms with Gasteiger partial charge in [0, 0.05) is 24.7 Å². The molecule has 0 saturated heterocycles. The summed E-state index contributed by atoms with van der Waals surface area (Å²) >= 11 is 0. The fourth-order valence-electron chi connectivity index (χ4n) is 5.41. The van der Waals surface area contributed by atoms with Gasteiger partial charge < -0.3 is 47.5 Å². The molecule has 10 N–H and O–H groups in total. The Balaban J connectivity index is 3.35. The van der Waals surface area contributed by atoms with Crippen molar-refractivity contribution in [2.45, 2.75) is 137 Å². The fraction of sp³-hybridized carbons (Fsp3) is 0.714. The molecule has 52 heavy (non-hydrogen) atoms. The number of imidazole rings is 1. The quantitative estimate of drug-likeness (QED) is 0.0717. The molecular formula is C35H60N8O9. The second-order valence-corrected chi connectivity index (χ2v) is 14.7. The van der Waals surface area contributed by atoms with Crippen LogP contribution in [0.5, 0.6) is 0 Å². The highest BCUT2D eigenvalue weighted by Crippen LogP contribution is 2.14. The molecular weight excluding hydrogens is 676 g/mol. The minimum atomic E-state index is -1.34. The number of aromatic nitrogens is 2. The highest BCUT2D eigenvalue weighted by atomic mass is 16.4. The largest absolute Gasteiger partial charge is 0.481 e. The van der Waals surface area contributed by atoms with Crippen LogP contribution in [0.2, 0.25) is 0 Å². The van der Waals surface area contributed by atoms with Crippen LogP contribution < -0.4 is 32.3 Å². The molecule has 7 atom stereocenters. The Morgan fingerprint density at radius 2 is 1.19 bits per heavy atom. The second kappa shape index (κ2) is 22.4. The highest BCUT2D eigenvalue weighted by Gasteiger charge is 2.35. The Kier molecular flexibility index (Phi) is 19.6. The predicted octanol–water partition coefficient (Wildman–Crippen LogP) is 0.837. The molecule has 1 aromatic rings. The number of nitrogens with one attached hydrogen (secondary N) is 6. The summed E-state index contributed by atoms with van der Waals surface area (Å²) < 4.78 is 0. The monoisotopic (exact) mass is 736 g/mol. The summed E-state index contributed by atoms with van der Waals surface area (Å²) in [6.07, 6.45) is 3.11. The third kappa shape index (κ3) is 16.7. The first-order chi connectivity index (χ1) is 24.2. The van der Waals surface area contributed by atoms with Crippen LogP contribution in [-0.4, -0.2) is 97.9 Å². The molecule has 17 nitrogen and oxygen atoms in total. The number of carboxylic acids is 2. The zero-order valence-corrected chi connectivity index (χ0v) is 31.7. The maximum atomic E-state index is 13.9. The number of aliphatic carboxylic acids is 2. The smallest absolute Gasteiger partial charge is 0.326 e. The van der Waals surface area contributed by atoms with Gasteiger partial charge >= 0.3 is 11.9 Å². The number of carbonyl (C=O) groups excluding carboxylic acids is 5. The summed E-state index contributed by atoms with van der Waals surface area (Å²) in [6, 6.07) is -7.05. The lowest BCUT2D eigenvalue weighted by Crippen LogP contribution is -2.61. The van der Waals surface area contributed by atoms with Crippen molar-refractivity contribution in [2.75, 3.05) is 0 Å². The summed E-state index contributed by atoms with van der Waals surface area (Å²) in [4.78, 5) is 97.5. The van der Waals surface area contributed by atoms with Gasteiger partial charge in [-0.05, 0) is 49.4 Å². The number of carbonyl (C=O) groups is 7. The average molecular weight is 737 g/mol. The molecule has 0 aliphatic rings. The third-order valence-electron chi connectivity index (χ3n) is 8.41. The van der Waals surface area contributed by atoms with Crippen molar-refractivity contribution in [1.82, 2.24) is 36.6 Å². The lowest BCUT2D eigenvalue weighted by atomic mass is 9.96. The van der Waals surface area contributed by atoms with Crippen molar-refractivity contribution < 1.29 is 43.8 Å². The van der Waals surface area contributed by atoms with Crippen LogP contribution in [0, 0.1) is 23.7 Å². The van der Waals surface area contributed by atoms with E-state index in [1.807, 2.05) is 48.5 Å². The summed E-state index contributed by atoms with van der Waals surface area (Å²) in [6.45, 7) is 14.6. The van der Waals surface area contributed by atoms with Gasteiger partial charge in [-0.2, -0.15) is 0 Å². The number of nitrogens with zero attached hydrogens (tertiary/aromatic N) is 1. The van der Waals surface area contributed by atoms with Crippen molar-refractivity contribution in [3.05, 3.63) is 18.2 Å². The molecule has 0 saturated carbocycles. The zero-order chi connectivity index (χ0) is 39.7. The van der Waals surface area contributed by atoms with Crippen LogP contribution in [0.3, 0.4) is 0 Å². The predicted molar refractivity (Wildman–Crippen MR) is 192 cm³/mol. The van der Waals surface area contributed by atoms with Crippen LogP contribution >= 0.6 is 0 Å². The Morgan fingerprint density at radius 1 is 0.692 bits per heavy atom. The Hall–Kier alpha value is -4.54. The highest BCUT2D eigenvalue weighted by molar-refractivity contribution is 5.96. The van der Waals surface area contributed by atoms with Crippen LogP contribution in [0.1, 0.15) is 99.6 Å². The van der Waals surface area contributed by atoms with Gasteiger partial charge in [-0.3, -0.25) is 28.8 Å². The van der Waals surface area contributed by atoms with Gasteiger partial charge in [0.05, 0.1) is 12.4 Å². The van der Waals surface area contributed by atoms with E-state index < -0.39 is 90.1 Å². The van der Waals surface area contributed by atoms with Crippen LogP contribution in [0.15, 0.2) is 12.5 Å². The molecule has 17 heteroatoms. The minimum absolute atomic E-state index is 0.0223. The SMILES string of the molecule is CC[C@H](C)[C@H](NC(=O)[C@H](Cc1cnc[nH]1)NC(=O)[C@H](CCC(=O)O)NC(=O)[C@@H](N)CC(C)C)C(=O)N[C@@H](CC(C)C)C(=O)N[C@@H](CC(C)C)C(=O)O. The molecule has 0 spiro atoms. The summed E-state index contributed by atoms with van der Waals surface area (Å²) in [5, 5.41) is 32.0. The molecule has 0 aliphatic carbocycles. The molecule has 0 aromatic carbocycles. The van der Waals surface area contributed by atoms with E-state index in [0.29, 0.717) is 18.5 Å². The van der Waals surface area contributed by atoms with E-state index in [1.165, 1.54) is 12.5 Å². The van der Waals surface area contributed by atoms with Gasteiger partial charge in [0.2, 0.25) is 29.5 Å². The van der Waals surface area contributed by atoms with E-state index in [2.05, 4.69) is 36.6 Å². The number of H-pyrrole nitrogens is 1. The topological polar surface area (TPSA) is 275 Å². The summed E-state index contributed by atoms with van der Waals surface area (Å²) in [7, 11) is 0. The molecule has 1 aromatic heterocycles. The van der Waals surface area contributed by atoms with E-state index in [9.17, 15) is 43.8 Å².